The fraction of sp³-hybridized carbons (Fsp3) is 0.556. The second-order valence-electron chi connectivity index (χ2n) is 9.93. The van der Waals surface area contributed by atoms with E-state index in [-0.39, 0.29) is 5.91 Å². The van der Waals surface area contributed by atoms with Crippen LogP contribution in [0.3, 0.4) is 0 Å². The second-order valence-corrected chi connectivity index (χ2v) is 11.9. The SMILES string of the molecule is CC1CCN(c2ccc(CNC(=O)CCc3ccc(S(=O)(=O)N4CCCCCC4)cc3)cn2)CC1. The van der Waals surface area contributed by atoms with Gasteiger partial charge in [0.15, 0.2) is 0 Å². The minimum atomic E-state index is -3.44. The second kappa shape index (κ2) is 12.0. The van der Waals surface area contributed by atoms with Crippen LogP contribution in [-0.2, 0) is 27.8 Å². The molecule has 1 aromatic heterocycles. The lowest BCUT2D eigenvalue weighted by Crippen LogP contribution is -2.33. The molecule has 0 spiro atoms. The molecule has 0 aliphatic carbocycles. The van der Waals surface area contributed by atoms with E-state index in [2.05, 4.69) is 22.1 Å². The summed E-state index contributed by atoms with van der Waals surface area (Å²) in [7, 11) is -3.44. The fourth-order valence-corrected chi connectivity index (χ4v) is 6.27. The van der Waals surface area contributed by atoms with Crippen LogP contribution in [0.2, 0.25) is 0 Å². The Balaban J connectivity index is 1.22. The highest BCUT2D eigenvalue weighted by molar-refractivity contribution is 7.89. The third-order valence-corrected chi connectivity index (χ3v) is 9.09. The van der Waals surface area contributed by atoms with Crippen molar-refractivity contribution in [2.45, 2.75) is 69.7 Å². The summed E-state index contributed by atoms with van der Waals surface area (Å²) in [5.74, 6) is 1.77. The predicted octanol–water partition coefficient (Wildman–Crippen LogP) is 4.13. The van der Waals surface area contributed by atoms with Gasteiger partial charge in [0, 0.05) is 45.3 Å². The molecule has 2 fully saturated rings. The molecule has 2 saturated heterocycles. The highest BCUT2D eigenvalue weighted by Gasteiger charge is 2.25. The number of nitrogens with one attached hydrogen (secondary N) is 1. The zero-order valence-corrected chi connectivity index (χ0v) is 21.6. The number of pyridine rings is 1. The van der Waals surface area contributed by atoms with Crippen molar-refractivity contribution in [3.63, 3.8) is 0 Å². The van der Waals surface area contributed by atoms with Gasteiger partial charge in [-0.2, -0.15) is 4.31 Å². The number of benzene rings is 1. The van der Waals surface area contributed by atoms with Gasteiger partial charge in [0.2, 0.25) is 15.9 Å². The number of hydrogen-bond acceptors (Lipinski definition) is 5. The van der Waals surface area contributed by atoms with E-state index in [4.69, 9.17) is 0 Å². The van der Waals surface area contributed by atoms with Gasteiger partial charge in [-0.25, -0.2) is 13.4 Å². The molecule has 3 heterocycles. The molecule has 2 aliphatic rings. The average molecular weight is 499 g/mol. The van der Waals surface area contributed by atoms with Crippen LogP contribution in [0.1, 0.15) is 63.0 Å². The number of anilines is 1. The summed E-state index contributed by atoms with van der Waals surface area (Å²) in [6.07, 6.45) is 9.20. The predicted molar refractivity (Wildman–Crippen MR) is 139 cm³/mol. The number of aryl methyl sites for hydroxylation is 1. The maximum absolute atomic E-state index is 12.9. The number of carbonyl (C=O) groups is 1. The zero-order chi connectivity index (χ0) is 24.7. The molecule has 0 atom stereocenters. The molecule has 2 aliphatic heterocycles. The van der Waals surface area contributed by atoms with Crippen molar-refractivity contribution < 1.29 is 13.2 Å². The number of piperidine rings is 1. The summed E-state index contributed by atoms with van der Waals surface area (Å²) in [6.45, 7) is 6.05. The van der Waals surface area contributed by atoms with E-state index in [1.165, 1.54) is 12.8 Å². The molecule has 0 unspecified atom stereocenters. The Kier molecular flexibility index (Phi) is 8.78. The Bertz CT molecular complexity index is 1050. The number of carbonyl (C=O) groups excluding carboxylic acids is 1. The average Bonchev–Trinajstić information content (AvgIpc) is 3.18. The number of rotatable bonds is 8. The van der Waals surface area contributed by atoms with E-state index in [0.717, 1.165) is 61.6 Å². The van der Waals surface area contributed by atoms with Gasteiger partial charge < -0.3 is 10.2 Å². The molecule has 0 radical (unpaired) electrons. The van der Waals surface area contributed by atoms with Crippen molar-refractivity contribution >= 4 is 21.7 Å². The van der Waals surface area contributed by atoms with Crippen LogP contribution in [0, 0.1) is 5.92 Å². The summed E-state index contributed by atoms with van der Waals surface area (Å²) in [5, 5.41) is 2.96. The fourth-order valence-electron chi connectivity index (χ4n) is 4.75. The molecule has 1 aromatic carbocycles. The van der Waals surface area contributed by atoms with Crippen molar-refractivity contribution in [3.05, 3.63) is 53.7 Å². The van der Waals surface area contributed by atoms with Crippen LogP contribution in [0.5, 0.6) is 0 Å². The maximum atomic E-state index is 12.9. The number of amides is 1. The van der Waals surface area contributed by atoms with Crippen LogP contribution >= 0.6 is 0 Å². The molecular weight excluding hydrogens is 460 g/mol. The standard InChI is InChI=1S/C27H38N4O3S/c1-22-14-18-30(19-15-22)26-12-8-24(20-28-26)21-29-27(32)13-9-23-6-10-25(11-7-23)35(33,34)31-16-4-2-3-5-17-31/h6-8,10-12,20,22H,2-5,9,13-19,21H2,1H3,(H,29,32). The van der Waals surface area contributed by atoms with Gasteiger partial charge in [-0.15, -0.1) is 0 Å². The van der Waals surface area contributed by atoms with E-state index in [1.807, 2.05) is 30.5 Å². The Hall–Kier alpha value is -2.45. The highest BCUT2D eigenvalue weighted by atomic mass is 32.2. The number of sulfonamides is 1. The van der Waals surface area contributed by atoms with E-state index >= 15 is 0 Å². The first-order valence-corrected chi connectivity index (χ1v) is 14.4. The summed E-state index contributed by atoms with van der Waals surface area (Å²) >= 11 is 0. The first-order valence-electron chi connectivity index (χ1n) is 13.0. The van der Waals surface area contributed by atoms with E-state index in [1.54, 1.807) is 16.4 Å². The Morgan fingerprint density at radius 3 is 2.23 bits per heavy atom. The van der Waals surface area contributed by atoms with Crippen molar-refractivity contribution in [2.24, 2.45) is 5.92 Å². The first kappa shape index (κ1) is 25.6. The quantitative estimate of drug-likeness (QED) is 0.592. The number of nitrogens with zero attached hydrogens (tertiary/aromatic N) is 3. The van der Waals surface area contributed by atoms with Crippen LogP contribution in [0.25, 0.3) is 0 Å². The summed E-state index contributed by atoms with van der Waals surface area (Å²) in [5.41, 5.74) is 1.94. The molecule has 2 aromatic rings. The molecule has 190 valence electrons. The number of hydrogen-bond donors (Lipinski definition) is 1. The van der Waals surface area contributed by atoms with Crippen LogP contribution in [0.4, 0.5) is 5.82 Å². The molecule has 35 heavy (non-hydrogen) atoms. The van der Waals surface area contributed by atoms with Gasteiger partial charge in [-0.05, 0) is 67.3 Å². The topological polar surface area (TPSA) is 82.6 Å². The molecule has 0 bridgehead atoms. The van der Waals surface area contributed by atoms with Crippen molar-refractivity contribution in [1.29, 1.82) is 0 Å². The largest absolute Gasteiger partial charge is 0.357 e. The third-order valence-electron chi connectivity index (χ3n) is 7.17. The maximum Gasteiger partial charge on any atom is 0.243 e. The minimum absolute atomic E-state index is 0.0274. The number of aromatic nitrogens is 1. The Morgan fingerprint density at radius 1 is 0.943 bits per heavy atom. The third kappa shape index (κ3) is 7.04. The molecular formula is C27H38N4O3S. The van der Waals surface area contributed by atoms with Crippen LogP contribution in [0.15, 0.2) is 47.5 Å². The minimum Gasteiger partial charge on any atom is -0.357 e. The van der Waals surface area contributed by atoms with Gasteiger partial charge in [0.05, 0.1) is 4.90 Å². The van der Waals surface area contributed by atoms with Crippen molar-refractivity contribution in [3.8, 4) is 0 Å². The van der Waals surface area contributed by atoms with E-state index in [9.17, 15) is 13.2 Å². The first-order chi connectivity index (χ1) is 16.9. The molecule has 4 rings (SSSR count). The Morgan fingerprint density at radius 2 is 1.60 bits per heavy atom. The molecule has 7 nitrogen and oxygen atoms in total. The molecule has 0 saturated carbocycles. The summed E-state index contributed by atoms with van der Waals surface area (Å²) in [4.78, 5) is 19.6. The van der Waals surface area contributed by atoms with Crippen molar-refractivity contribution in [2.75, 3.05) is 31.1 Å². The highest BCUT2D eigenvalue weighted by Crippen LogP contribution is 2.22. The lowest BCUT2D eigenvalue weighted by Gasteiger charge is -2.31. The van der Waals surface area contributed by atoms with Gasteiger partial charge in [0.25, 0.3) is 0 Å². The van der Waals surface area contributed by atoms with Crippen molar-refractivity contribution in [1.82, 2.24) is 14.6 Å². The van der Waals surface area contributed by atoms with Gasteiger partial charge in [-0.1, -0.05) is 38.0 Å². The lowest BCUT2D eigenvalue weighted by molar-refractivity contribution is -0.121. The van der Waals surface area contributed by atoms with Crippen LogP contribution < -0.4 is 10.2 Å². The monoisotopic (exact) mass is 498 g/mol. The summed E-state index contributed by atoms with van der Waals surface area (Å²) < 4.78 is 27.4. The normalized spacial score (nSPS) is 18.3. The lowest BCUT2D eigenvalue weighted by atomic mass is 9.99. The summed E-state index contributed by atoms with van der Waals surface area (Å²) in [6, 6.07) is 11.1. The molecule has 8 heteroatoms. The van der Waals surface area contributed by atoms with E-state index in [0.29, 0.717) is 37.4 Å². The zero-order valence-electron chi connectivity index (χ0n) is 20.8. The Labute approximate surface area is 210 Å². The van der Waals surface area contributed by atoms with Gasteiger partial charge in [0.1, 0.15) is 5.82 Å². The van der Waals surface area contributed by atoms with Crippen LogP contribution in [-0.4, -0.2) is 49.8 Å². The van der Waals surface area contributed by atoms with E-state index < -0.39 is 10.0 Å². The van der Waals surface area contributed by atoms with Gasteiger partial charge in [-0.3, -0.25) is 4.79 Å². The molecule has 1 amide bonds. The van der Waals surface area contributed by atoms with Gasteiger partial charge >= 0.3 is 0 Å². The smallest absolute Gasteiger partial charge is 0.243 e. The molecule has 1 N–H and O–H groups in total.